The Morgan fingerprint density at radius 1 is 0.532 bits per heavy atom. The van der Waals surface area contributed by atoms with Gasteiger partial charge in [0.2, 0.25) is 0 Å². The van der Waals surface area contributed by atoms with Crippen LogP contribution >= 0.6 is 0 Å². The fraction of sp³-hybridized carbons (Fsp3) is 0.0345. The maximum Gasteiger partial charge on any atom is 0.143 e. The van der Waals surface area contributed by atoms with E-state index in [0.29, 0.717) is 0 Å². The number of para-hydroxylation sites is 3. The molecule has 4 nitrogen and oxygen atoms in total. The van der Waals surface area contributed by atoms with Crippen LogP contribution in [0.1, 0.15) is 17.7 Å². The monoisotopic (exact) mass is 792 g/mol. The third-order valence-electron chi connectivity index (χ3n) is 12.7. The minimum absolute atomic E-state index is 0.835. The van der Waals surface area contributed by atoms with Crippen molar-refractivity contribution in [1.29, 1.82) is 0 Å². The molecule has 0 unspecified atom stereocenters. The van der Waals surface area contributed by atoms with E-state index in [1.165, 1.54) is 22.2 Å². The van der Waals surface area contributed by atoms with Gasteiger partial charge in [-0.3, -0.25) is 0 Å². The summed E-state index contributed by atoms with van der Waals surface area (Å²) in [4.78, 5) is 2.28. The number of rotatable bonds is 6. The van der Waals surface area contributed by atoms with Gasteiger partial charge in [0.1, 0.15) is 22.3 Å². The van der Waals surface area contributed by atoms with Gasteiger partial charge >= 0.3 is 0 Å². The van der Waals surface area contributed by atoms with E-state index in [2.05, 4.69) is 204 Å². The SMILES string of the molecule is c1c(-c2ccccc2-n2c3c(c4ccccc42)C=CCC3)ccc(N(c2ccc(-c3ccc4c(c3)oc3ccccc34)cc2)c2cccc3oc4c5ccccc5ccc4c23)c#1. The summed E-state index contributed by atoms with van der Waals surface area (Å²) in [5.74, 6) is 0. The summed E-state index contributed by atoms with van der Waals surface area (Å²) in [5.41, 5.74) is 15.7. The molecule has 1 aliphatic rings. The molecule has 4 heteroatoms. The zero-order chi connectivity index (χ0) is 40.7. The molecule has 0 aliphatic heterocycles. The Balaban J connectivity index is 0.957. The van der Waals surface area contributed by atoms with Crippen LogP contribution < -0.4 is 4.90 Å². The van der Waals surface area contributed by atoms with Gasteiger partial charge in [0.15, 0.2) is 0 Å². The summed E-state index contributed by atoms with van der Waals surface area (Å²) in [5, 5.41) is 7.90. The predicted molar refractivity (Wildman–Crippen MR) is 256 cm³/mol. The number of benzene rings is 8. The van der Waals surface area contributed by atoms with Gasteiger partial charge in [0.05, 0.1) is 28.0 Å². The molecule has 0 saturated heterocycles. The van der Waals surface area contributed by atoms with Crippen LogP contribution in [-0.4, -0.2) is 4.57 Å². The van der Waals surface area contributed by atoms with E-state index in [9.17, 15) is 0 Å². The topological polar surface area (TPSA) is 34.5 Å². The average Bonchev–Trinajstić information content (AvgIpc) is 4.02. The predicted octanol–water partition coefficient (Wildman–Crippen LogP) is 15.9. The molecular weight excluding hydrogens is 757 g/mol. The quantitative estimate of drug-likeness (QED) is 0.168. The molecule has 13 rings (SSSR count). The van der Waals surface area contributed by atoms with Crippen LogP contribution in [0.25, 0.3) is 99.6 Å². The third kappa shape index (κ3) is 5.29. The lowest BCUT2D eigenvalue weighted by Gasteiger charge is -2.25. The maximum absolute atomic E-state index is 6.70. The molecule has 62 heavy (non-hydrogen) atoms. The second kappa shape index (κ2) is 13.6. The van der Waals surface area contributed by atoms with Crippen molar-refractivity contribution in [1.82, 2.24) is 4.57 Å². The lowest BCUT2D eigenvalue weighted by molar-refractivity contribution is 0.669. The highest BCUT2D eigenvalue weighted by Crippen LogP contribution is 2.45. The fourth-order valence-corrected chi connectivity index (χ4v) is 9.85. The minimum atomic E-state index is 0.835. The smallest absolute Gasteiger partial charge is 0.143 e. The van der Waals surface area contributed by atoms with Crippen LogP contribution in [0.3, 0.4) is 0 Å². The molecule has 0 atom stereocenters. The average molecular weight is 793 g/mol. The Kier molecular flexibility index (Phi) is 7.61. The maximum atomic E-state index is 6.70. The summed E-state index contributed by atoms with van der Waals surface area (Å²) < 4.78 is 15.4. The van der Waals surface area contributed by atoms with Crippen molar-refractivity contribution in [2.45, 2.75) is 12.8 Å². The molecule has 9 aromatic carbocycles. The second-order valence-electron chi connectivity index (χ2n) is 16.2. The second-order valence-corrected chi connectivity index (χ2v) is 16.2. The fourth-order valence-electron chi connectivity index (χ4n) is 9.85. The number of allylic oxidation sites excluding steroid dienone is 1. The van der Waals surface area contributed by atoms with E-state index in [0.717, 1.165) is 112 Å². The van der Waals surface area contributed by atoms with Gasteiger partial charge in [-0.2, -0.15) is 0 Å². The highest BCUT2D eigenvalue weighted by molar-refractivity contribution is 6.19. The molecule has 12 aromatic rings. The molecular formula is C58H36N2O2. The van der Waals surface area contributed by atoms with Gasteiger partial charge in [0.25, 0.3) is 0 Å². The zero-order valence-corrected chi connectivity index (χ0v) is 33.6. The normalized spacial score (nSPS) is 12.5. The van der Waals surface area contributed by atoms with Crippen LogP contribution in [0, 0.1) is 12.1 Å². The van der Waals surface area contributed by atoms with Gasteiger partial charge < -0.3 is 18.3 Å². The Labute approximate surface area is 357 Å². The Morgan fingerprint density at radius 3 is 2.19 bits per heavy atom. The molecule has 0 N–H and O–H groups in total. The molecule has 0 fully saturated rings. The first-order valence-electron chi connectivity index (χ1n) is 21.2. The van der Waals surface area contributed by atoms with Gasteiger partial charge in [-0.05, 0) is 108 Å². The first kappa shape index (κ1) is 34.6. The molecule has 3 aromatic heterocycles. The summed E-state index contributed by atoms with van der Waals surface area (Å²) in [6, 6.07) is 71.7. The molecule has 0 amide bonds. The number of aromatic nitrogens is 1. The van der Waals surface area contributed by atoms with E-state index >= 15 is 0 Å². The highest BCUT2D eigenvalue weighted by Gasteiger charge is 2.23. The van der Waals surface area contributed by atoms with Gasteiger partial charge in [-0.1, -0.05) is 127 Å². The number of fused-ring (bicyclic) bond motifs is 11. The summed E-state index contributed by atoms with van der Waals surface area (Å²) in [6.45, 7) is 0. The minimum Gasteiger partial charge on any atom is -0.456 e. The number of anilines is 3. The summed E-state index contributed by atoms with van der Waals surface area (Å²) in [7, 11) is 0. The summed E-state index contributed by atoms with van der Waals surface area (Å²) in [6.07, 6.45) is 6.61. The molecule has 0 spiro atoms. The molecule has 0 radical (unpaired) electrons. The number of hydrogen-bond acceptors (Lipinski definition) is 3. The van der Waals surface area contributed by atoms with Crippen molar-refractivity contribution in [3.05, 3.63) is 211 Å². The Bertz CT molecular complexity index is 3750. The number of furan rings is 2. The van der Waals surface area contributed by atoms with E-state index in [1.54, 1.807) is 0 Å². The van der Waals surface area contributed by atoms with Crippen LogP contribution in [-0.2, 0) is 6.42 Å². The first-order chi connectivity index (χ1) is 30.7. The molecule has 0 bridgehead atoms. The molecule has 0 saturated carbocycles. The van der Waals surface area contributed by atoms with Crippen molar-refractivity contribution < 1.29 is 8.83 Å². The highest BCUT2D eigenvalue weighted by atomic mass is 16.3. The molecule has 1 aliphatic carbocycles. The Hall–Kier alpha value is -8.26. The molecule has 290 valence electrons. The van der Waals surface area contributed by atoms with Crippen LogP contribution in [0.15, 0.2) is 197 Å². The van der Waals surface area contributed by atoms with E-state index in [4.69, 9.17) is 8.83 Å². The Morgan fingerprint density at radius 2 is 1.29 bits per heavy atom. The van der Waals surface area contributed by atoms with E-state index in [-0.39, 0.29) is 0 Å². The van der Waals surface area contributed by atoms with Gasteiger partial charge in [0, 0.05) is 55.0 Å². The van der Waals surface area contributed by atoms with Crippen LogP contribution in [0.2, 0.25) is 0 Å². The van der Waals surface area contributed by atoms with Crippen LogP contribution in [0.5, 0.6) is 0 Å². The standard InChI is InChI=1S/C58H36N2O2/c1-2-14-44-38(12-1)28-35-49-57-53(21-11-23-55(57)62-58(44)49)59(41-30-24-37(25-31-41)40-29-34-48-47-17-6-10-22-54(47)61-56(48)36-40)42-32-26-39(27-33-42)43-13-3-7-18-50(43)60-51-19-8-4-15-45(51)46-16-5-9-20-52(46)60/h1-8,10-19,21-26,28-32,34-36H,9,20H2. The number of hydrogen-bond donors (Lipinski definition) is 0. The van der Waals surface area contributed by atoms with E-state index < -0.39 is 0 Å². The van der Waals surface area contributed by atoms with Crippen LogP contribution in [0.4, 0.5) is 17.1 Å². The van der Waals surface area contributed by atoms with E-state index in [1.807, 2.05) is 12.1 Å². The molecule has 3 heterocycles. The largest absolute Gasteiger partial charge is 0.456 e. The zero-order valence-electron chi connectivity index (χ0n) is 33.6. The third-order valence-corrected chi connectivity index (χ3v) is 12.7. The lowest BCUT2D eigenvalue weighted by Crippen LogP contribution is -2.10. The van der Waals surface area contributed by atoms with Crippen molar-refractivity contribution in [2.75, 3.05) is 4.90 Å². The number of nitrogens with zero attached hydrogens (tertiary/aromatic N) is 2. The van der Waals surface area contributed by atoms with Crippen molar-refractivity contribution >= 4 is 88.7 Å². The van der Waals surface area contributed by atoms with Gasteiger partial charge in [-0.15, -0.1) is 0 Å². The van der Waals surface area contributed by atoms with Crippen molar-refractivity contribution in [3.63, 3.8) is 0 Å². The van der Waals surface area contributed by atoms with Crippen molar-refractivity contribution in [3.8, 4) is 27.9 Å². The summed E-state index contributed by atoms with van der Waals surface area (Å²) >= 11 is 0. The first-order valence-corrected chi connectivity index (χ1v) is 21.2. The van der Waals surface area contributed by atoms with Crippen molar-refractivity contribution in [2.24, 2.45) is 0 Å². The van der Waals surface area contributed by atoms with Gasteiger partial charge in [-0.25, -0.2) is 0 Å². The lowest BCUT2D eigenvalue weighted by atomic mass is 10.0.